The number of aliphatic hydroxyl groups excluding tert-OH is 2. The standard InChI is InChI=1S/C26H37FO4/c1-5-26(6-2)14-13-25(3,4)23(12-11-20(28)15-21(29)16-24(30)31)22(17-26)18-7-9-19(27)10-8-18/h7-12,20-21,28-29H,5-6,13-17H2,1-4H3,(H,30,31)/b12-11+. The highest BCUT2D eigenvalue weighted by molar-refractivity contribution is 5.73. The summed E-state index contributed by atoms with van der Waals surface area (Å²) in [6.45, 7) is 8.85. The van der Waals surface area contributed by atoms with Crippen molar-refractivity contribution >= 4 is 11.5 Å². The summed E-state index contributed by atoms with van der Waals surface area (Å²) in [7, 11) is 0. The van der Waals surface area contributed by atoms with Gasteiger partial charge in [0.15, 0.2) is 0 Å². The maximum Gasteiger partial charge on any atom is 0.305 e. The van der Waals surface area contributed by atoms with E-state index in [4.69, 9.17) is 5.11 Å². The lowest BCUT2D eigenvalue weighted by Crippen LogP contribution is -2.20. The van der Waals surface area contributed by atoms with Gasteiger partial charge >= 0.3 is 5.97 Å². The minimum absolute atomic E-state index is 0.0315. The van der Waals surface area contributed by atoms with Crippen LogP contribution in [0.15, 0.2) is 42.0 Å². The number of hydrogen-bond donors (Lipinski definition) is 3. The summed E-state index contributed by atoms with van der Waals surface area (Å²) in [6.07, 6.45) is 6.20. The fourth-order valence-electron chi connectivity index (χ4n) is 4.62. The van der Waals surface area contributed by atoms with Gasteiger partial charge in [0.1, 0.15) is 5.82 Å². The minimum Gasteiger partial charge on any atom is -0.481 e. The Balaban J connectivity index is 2.48. The van der Waals surface area contributed by atoms with Crippen LogP contribution in [0, 0.1) is 16.6 Å². The lowest BCUT2D eigenvalue weighted by Gasteiger charge is -2.32. The molecule has 0 spiro atoms. The second kappa shape index (κ2) is 10.6. The molecule has 0 radical (unpaired) electrons. The monoisotopic (exact) mass is 432 g/mol. The van der Waals surface area contributed by atoms with Crippen LogP contribution in [0.5, 0.6) is 0 Å². The number of carboxylic acids is 1. The van der Waals surface area contributed by atoms with Gasteiger partial charge in [-0.1, -0.05) is 64.8 Å². The van der Waals surface area contributed by atoms with Gasteiger partial charge < -0.3 is 15.3 Å². The Bertz CT molecular complexity index is 803. The van der Waals surface area contributed by atoms with Gasteiger partial charge in [-0.15, -0.1) is 0 Å². The molecule has 4 nitrogen and oxygen atoms in total. The first-order valence-electron chi connectivity index (χ1n) is 11.3. The third-order valence-electron chi connectivity index (χ3n) is 6.99. The zero-order valence-electron chi connectivity index (χ0n) is 19.2. The second-order valence-electron chi connectivity index (χ2n) is 9.58. The van der Waals surface area contributed by atoms with E-state index in [0.717, 1.165) is 43.2 Å². The summed E-state index contributed by atoms with van der Waals surface area (Å²) in [5, 5.41) is 29.0. The topological polar surface area (TPSA) is 77.8 Å². The summed E-state index contributed by atoms with van der Waals surface area (Å²) < 4.78 is 13.6. The maximum absolute atomic E-state index is 13.6. The first kappa shape index (κ1) is 25.3. The van der Waals surface area contributed by atoms with Crippen molar-refractivity contribution in [3.05, 3.63) is 53.4 Å². The normalized spacial score (nSPS) is 20.5. The Morgan fingerprint density at radius 3 is 2.29 bits per heavy atom. The number of aliphatic carboxylic acids is 1. The van der Waals surface area contributed by atoms with Gasteiger partial charge in [0.25, 0.3) is 0 Å². The average molecular weight is 433 g/mol. The first-order valence-corrected chi connectivity index (χ1v) is 11.3. The second-order valence-corrected chi connectivity index (χ2v) is 9.58. The third-order valence-corrected chi connectivity index (χ3v) is 6.99. The van der Waals surface area contributed by atoms with Gasteiger partial charge in [0, 0.05) is 6.42 Å². The summed E-state index contributed by atoms with van der Waals surface area (Å²) in [5.74, 6) is -1.36. The average Bonchev–Trinajstić information content (AvgIpc) is 2.80. The molecule has 0 amide bonds. The van der Waals surface area contributed by atoms with Crippen molar-refractivity contribution in [3.8, 4) is 0 Å². The molecule has 0 fully saturated rings. The number of allylic oxidation sites excluding steroid dienone is 3. The van der Waals surface area contributed by atoms with Crippen molar-refractivity contribution in [3.63, 3.8) is 0 Å². The summed E-state index contributed by atoms with van der Waals surface area (Å²) in [4.78, 5) is 10.8. The molecule has 172 valence electrons. The molecule has 5 heteroatoms. The van der Waals surface area contributed by atoms with Gasteiger partial charge in [-0.3, -0.25) is 4.79 Å². The number of aliphatic hydroxyl groups is 2. The fraction of sp³-hybridized carbons (Fsp3) is 0.577. The lowest BCUT2D eigenvalue weighted by molar-refractivity contribution is -0.139. The highest BCUT2D eigenvalue weighted by atomic mass is 19.1. The zero-order chi connectivity index (χ0) is 23.2. The van der Waals surface area contributed by atoms with Gasteiger partial charge in [0.2, 0.25) is 0 Å². The molecule has 31 heavy (non-hydrogen) atoms. The molecule has 2 unspecified atom stereocenters. The highest BCUT2D eigenvalue weighted by Crippen LogP contribution is 2.51. The van der Waals surface area contributed by atoms with Crippen LogP contribution in [-0.4, -0.2) is 33.5 Å². The lowest BCUT2D eigenvalue weighted by atomic mass is 9.73. The van der Waals surface area contributed by atoms with Crippen molar-refractivity contribution in [2.75, 3.05) is 0 Å². The molecule has 1 aromatic carbocycles. The van der Waals surface area contributed by atoms with Gasteiger partial charge in [-0.2, -0.15) is 0 Å². The molecule has 1 aliphatic rings. The van der Waals surface area contributed by atoms with Gasteiger partial charge in [0.05, 0.1) is 18.6 Å². The van der Waals surface area contributed by atoms with Gasteiger partial charge in [-0.25, -0.2) is 4.39 Å². The molecule has 2 atom stereocenters. The smallest absolute Gasteiger partial charge is 0.305 e. The highest BCUT2D eigenvalue weighted by Gasteiger charge is 2.37. The van der Waals surface area contributed by atoms with E-state index < -0.39 is 24.6 Å². The summed E-state index contributed by atoms with van der Waals surface area (Å²) >= 11 is 0. The Morgan fingerprint density at radius 2 is 1.74 bits per heavy atom. The van der Waals surface area contributed by atoms with Crippen LogP contribution in [0.2, 0.25) is 0 Å². The van der Waals surface area contributed by atoms with E-state index in [1.54, 1.807) is 6.08 Å². The number of carbonyl (C=O) groups is 1. The molecule has 0 bridgehead atoms. The van der Waals surface area contributed by atoms with Crippen molar-refractivity contribution in [2.45, 2.75) is 84.8 Å². The van der Waals surface area contributed by atoms with E-state index in [0.29, 0.717) is 0 Å². The Hall–Kier alpha value is -1.98. The number of rotatable bonds is 9. The minimum atomic E-state index is -1.10. The van der Waals surface area contributed by atoms with Crippen molar-refractivity contribution in [1.82, 2.24) is 0 Å². The molecule has 1 aliphatic carbocycles. The number of hydrogen-bond acceptors (Lipinski definition) is 3. The summed E-state index contributed by atoms with van der Waals surface area (Å²) in [5.41, 5.74) is 3.29. The first-order chi connectivity index (χ1) is 14.5. The van der Waals surface area contributed by atoms with E-state index in [2.05, 4.69) is 27.7 Å². The van der Waals surface area contributed by atoms with E-state index in [-0.39, 0.29) is 23.1 Å². The molecule has 2 rings (SSSR count). The van der Waals surface area contributed by atoms with E-state index >= 15 is 0 Å². The summed E-state index contributed by atoms with van der Waals surface area (Å²) in [6, 6.07) is 6.61. The van der Waals surface area contributed by atoms with Gasteiger partial charge in [-0.05, 0) is 58.9 Å². The Labute approximate surface area is 185 Å². The number of halogens is 1. The van der Waals surface area contributed by atoms with Crippen molar-refractivity contribution in [1.29, 1.82) is 0 Å². The van der Waals surface area contributed by atoms with Crippen LogP contribution in [-0.2, 0) is 4.79 Å². The molecule has 0 aromatic heterocycles. The Kier molecular flexibility index (Phi) is 8.61. The number of carboxylic acid groups (broad SMARTS) is 1. The third kappa shape index (κ3) is 6.75. The SMILES string of the molecule is CCC1(CC)CCC(C)(C)C(/C=C/C(O)CC(O)CC(=O)O)=C(c2ccc(F)cc2)C1. The molecular formula is C26H37FO4. The maximum atomic E-state index is 13.6. The number of benzene rings is 1. The van der Waals surface area contributed by atoms with Crippen LogP contribution in [0.3, 0.4) is 0 Å². The van der Waals surface area contributed by atoms with Crippen LogP contribution < -0.4 is 0 Å². The quantitative estimate of drug-likeness (QED) is 0.465. The van der Waals surface area contributed by atoms with E-state index in [1.165, 1.54) is 17.7 Å². The largest absolute Gasteiger partial charge is 0.481 e. The van der Waals surface area contributed by atoms with Crippen LogP contribution in [0.25, 0.3) is 5.57 Å². The van der Waals surface area contributed by atoms with Crippen molar-refractivity contribution < 1.29 is 24.5 Å². The molecule has 3 N–H and O–H groups in total. The molecule has 1 aromatic rings. The van der Waals surface area contributed by atoms with Crippen LogP contribution in [0.1, 0.15) is 78.2 Å². The van der Waals surface area contributed by atoms with Crippen LogP contribution in [0.4, 0.5) is 4.39 Å². The fourth-order valence-corrected chi connectivity index (χ4v) is 4.62. The molecular weight excluding hydrogens is 395 g/mol. The van der Waals surface area contributed by atoms with E-state index in [1.807, 2.05) is 18.2 Å². The van der Waals surface area contributed by atoms with Crippen molar-refractivity contribution in [2.24, 2.45) is 10.8 Å². The zero-order valence-corrected chi connectivity index (χ0v) is 19.2. The molecule has 0 aliphatic heterocycles. The van der Waals surface area contributed by atoms with Crippen LogP contribution >= 0.6 is 0 Å². The van der Waals surface area contributed by atoms with E-state index in [9.17, 15) is 19.4 Å². The Morgan fingerprint density at radius 1 is 1.13 bits per heavy atom. The molecule has 0 saturated carbocycles. The molecule has 0 heterocycles. The predicted molar refractivity (Wildman–Crippen MR) is 122 cm³/mol. The molecule has 0 saturated heterocycles. The predicted octanol–water partition coefficient (Wildman–Crippen LogP) is 5.74.